The SMILES string of the molecule is CCCCCCCCCCCCCCCCCCc1c(CCC(=O)O)c(CCCCCCCCCCCCCCCCCC)c(C(C)(C)C)c(O)c1C(C)(C)C. The van der Waals surface area contributed by atoms with Gasteiger partial charge in [0, 0.05) is 17.5 Å². The van der Waals surface area contributed by atoms with Crippen LogP contribution in [0.2, 0.25) is 0 Å². The number of phenolic OH excluding ortho intramolecular Hbond substituents is 1. The number of carboxylic acid groups (broad SMARTS) is 1. The Hall–Kier alpha value is -1.51. The van der Waals surface area contributed by atoms with Gasteiger partial charge in [-0.25, -0.2) is 0 Å². The summed E-state index contributed by atoms with van der Waals surface area (Å²) in [6, 6.07) is 0. The minimum absolute atomic E-state index is 0.149. The highest BCUT2D eigenvalue weighted by Crippen LogP contribution is 2.46. The minimum atomic E-state index is -0.727. The number of hydrogen-bond acceptors (Lipinski definition) is 2. The summed E-state index contributed by atoms with van der Waals surface area (Å²) < 4.78 is 0. The first kappa shape index (κ1) is 52.5. The molecule has 0 aromatic heterocycles. The van der Waals surface area contributed by atoms with Crippen LogP contribution in [0.1, 0.15) is 295 Å². The van der Waals surface area contributed by atoms with E-state index < -0.39 is 5.97 Å². The highest BCUT2D eigenvalue weighted by molar-refractivity contribution is 5.68. The number of unbranched alkanes of at least 4 members (excludes halogenated alkanes) is 30. The molecule has 0 bridgehead atoms. The van der Waals surface area contributed by atoms with E-state index in [-0.39, 0.29) is 17.3 Å². The maximum Gasteiger partial charge on any atom is 0.303 e. The van der Waals surface area contributed by atoms with Crippen molar-refractivity contribution in [2.45, 2.75) is 297 Å². The van der Waals surface area contributed by atoms with Gasteiger partial charge < -0.3 is 10.2 Å². The molecule has 3 nitrogen and oxygen atoms in total. The fourth-order valence-corrected chi connectivity index (χ4v) is 9.30. The number of carboxylic acids is 1. The molecule has 2 N–H and O–H groups in total. The van der Waals surface area contributed by atoms with E-state index in [1.807, 2.05) is 0 Å². The molecule has 0 radical (unpaired) electrons. The predicted octanol–water partition coefficient (Wildman–Crippen LogP) is 17.6. The summed E-state index contributed by atoms with van der Waals surface area (Å²) in [5.41, 5.74) is 5.47. The number of benzene rings is 1. The molecule has 0 aliphatic rings. The third kappa shape index (κ3) is 24.4. The lowest BCUT2D eigenvalue weighted by Gasteiger charge is -2.35. The van der Waals surface area contributed by atoms with Gasteiger partial charge in [-0.2, -0.15) is 0 Å². The van der Waals surface area contributed by atoms with Crippen LogP contribution in [0.25, 0.3) is 0 Å². The molecule has 1 aromatic carbocycles. The van der Waals surface area contributed by atoms with E-state index in [1.54, 1.807) is 0 Å². The average molecular weight is 783 g/mol. The number of hydrogen-bond donors (Lipinski definition) is 2. The quantitative estimate of drug-likeness (QED) is 0.0661. The van der Waals surface area contributed by atoms with E-state index in [9.17, 15) is 15.0 Å². The zero-order chi connectivity index (χ0) is 41.5. The Bertz CT molecular complexity index is 1030. The molecule has 0 spiro atoms. The maximum atomic E-state index is 12.2. The highest BCUT2D eigenvalue weighted by Gasteiger charge is 2.33. The van der Waals surface area contributed by atoms with E-state index in [2.05, 4.69) is 55.4 Å². The van der Waals surface area contributed by atoms with Gasteiger partial charge in [0.2, 0.25) is 0 Å². The first-order chi connectivity index (χ1) is 26.9. The molecular weight excluding hydrogens is 685 g/mol. The van der Waals surface area contributed by atoms with Crippen molar-refractivity contribution in [1.29, 1.82) is 0 Å². The van der Waals surface area contributed by atoms with Crippen molar-refractivity contribution in [2.75, 3.05) is 0 Å². The summed E-state index contributed by atoms with van der Waals surface area (Å²) in [5, 5.41) is 22.0. The molecule has 1 aromatic rings. The Kier molecular flexibility index (Phi) is 30.3. The van der Waals surface area contributed by atoms with Gasteiger partial charge in [-0.05, 0) is 59.6 Å². The molecule has 0 amide bonds. The second kappa shape index (κ2) is 32.4. The summed E-state index contributed by atoms with van der Waals surface area (Å²) in [7, 11) is 0. The van der Waals surface area contributed by atoms with E-state index >= 15 is 0 Å². The first-order valence-electron chi connectivity index (χ1n) is 25.0. The lowest BCUT2D eigenvalue weighted by Crippen LogP contribution is -2.24. The summed E-state index contributed by atoms with van der Waals surface area (Å²) in [6.45, 7) is 17.9. The van der Waals surface area contributed by atoms with Crippen molar-refractivity contribution in [3.05, 3.63) is 27.8 Å². The molecule has 0 aliphatic carbocycles. The zero-order valence-corrected chi connectivity index (χ0v) is 39.3. The molecule has 0 atom stereocenters. The van der Waals surface area contributed by atoms with Crippen LogP contribution >= 0.6 is 0 Å². The second-order valence-corrected chi connectivity index (χ2v) is 20.0. The van der Waals surface area contributed by atoms with Gasteiger partial charge in [0.15, 0.2) is 0 Å². The van der Waals surface area contributed by atoms with Crippen LogP contribution in [-0.2, 0) is 34.9 Å². The van der Waals surface area contributed by atoms with E-state index in [1.165, 1.54) is 209 Å². The fraction of sp³-hybridized carbons (Fsp3) is 0.868. The number of phenols is 1. The average Bonchev–Trinajstić information content (AvgIpc) is 3.12. The van der Waals surface area contributed by atoms with Crippen molar-refractivity contribution in [3.8, 4) is 5.75 Å². The highest BCUT2D eigenvalue weighted by atomic mass is 16.4. The lowest BCUT2D eigenvalue weighted by atomic mass is 9.71. The molecule has 0 saturated carbocycles. The Labute approximate surface area is 350 Å². The van der Waals surface area contributed by atoms with E-state index in [4.69, 9.17) is 0 Å². The molecule has 0 heterocycles. The molecule has 3 heteroatoms. The summed E-state index contributed by atoms with van der Waals surface area (Å²) in [6.07, 6.45) is 45.9. The largest absolute Gasteiger partial charge is 0.507 e. The number of carbonyl (C=O) groups is 1. The topological polar surface area (TPSA) is 57.5 Å². The predicted molar refractivity (Wildman–Crippen MR) is 248 cm³/mol. The lowest BCUT2D eigenvalue weighted by molar-refractivity contribution is -0.136. The zero-order valence-electron chi connectivity index (χ0n) is 39.3. The molecule has 0 aliphatic heterocycles. The Morgan fingerprint density at radius 2 is 0.607 bits per heavy atom. The molecule has 0 saturated heterocycles. The van der Waals surface area contributed by atoms with Gasteiger partial charge in [-0.3, -0.25) is 4.79 Å². The van der Waals surface area contributed by atoms with Gasteiger partial charge in [-0.1, -0.05) is 248 Å². The minimum Gasteiger partial charge on any atom is -0.507 e. The van der Waals surface area contributed by atoms with Crippen LogP contribution in [0.15, 0.2) is 0 Å². The van der Waals surface area contributed by atoms with Gasteiger partial charge in [0.05, 0.1) is 0 Å². The molecular formula is C53H98O3. The number of aliphatic carboxylic acids is 1. The van der Waals surface area contributed by atoms with Crippen LogP contribution in [0.3, 0.4) is 0 Å². The van der Waals surface area contributed by atoms with Crippen LogP contribution in [0, 0.1) is 0 Å². The molecule has 1 rings (SSSR count). The maximum absolute atomic E-state index is 12.2. The van der Waals surface area contributed by atoms with Crippen molar-refractivity contribution < 1.29 is 15.0 Å². The second-order valence-electron chi connectivity index (χ2n) is 20.0. The van der Waals surface area contributed by atoms with Crippen LogP contribution in [0.4, 0.5) is 0 Å². The van der Waals surface area contributed by atoms with E-state index in [0.29, 0.717) is 12.2 Å². The van der Waals surface area contributed by atoms with Crippen molar-refractivity contribution in [3.63, 3.8) is 0 Å². The van der Waals surface area contributed by atoms with Crippen LogP contribution in [0.5, 0.6) is 5.75 Å². The normalized spacial score (nSPS) is 12.2. The van der Waals surface area contributed by atoms with Crippen LogP contribution < -0.4 is 0 Å². The van der Waals surface area contributed by atoms with Crippen molar-refractivity contribution in [2.24, 2.45) is 0 Å². The van der Waals surface area contributed by atoms with E-state index in [0.717, 1.165) is 36.8 Å². The van der Waals surface area contributed by atoms with Crippen LogP contribution in [-0.4, -0.2) is 16.2 Å². The van der Waals surface area contributed by atoms with Gasteiger partial charge in [-0.15, -0.1) is 0 Å². The summed E-state index contributed by atoms with van der Waals surface area (Å²) >= 11 is 0. The third-order valence-corrected chi connectivity index (χ3v) is 12.5. The van der Waals surface area contributed by atoms with Crippen molar-refractivity contribution in [1.82, 2.24) is 0 Å². The Morgan fingerprint density at radius 3 is 0.821 bits per heavy atom. The molecule has 56 heavy (non-hydrogen) atoms. The fourth-order valence-electron chi connectivity index (χ4n) is 9.30. The Balaban J connectivity index is 2.74. The first-order valence-corrected chi connectivity index (χ1v) is 25.0. The molecule has 0 unspecified atom stereocenters. The Morgan fingerprint density at radius 1 is 0.375 bits per heavy atom. The number of rotatable bonds is 37. The van der Waals surface area contributed by atoms with Gasteiger partial charge in [0.25, 0.3) is 0 Å². The standard InChI is InChI=1S/C53H98O3/c1-9-11-13-15-17-19-21-23-25-27-29-31-33-35-37-39-41-46-45(43-44-48(54)55)47(50(53(6,7)8)51(56)49(46)52(3,4)5)42-40-38-36-34-32-30-28-26-24-22-20-18-16-14-12-10-2/h56H,9-44H2,1-8H3,(H,54,55). The summed E-state index contributed by atoms with van der Waals surface area (Å²) in [4.78, 5) is 12.0. The third-order valence-electron chi connectivity index (χ3n) is 12.5. The smallest absolute Gasteiger partial charge is 0.303 e. The van der Waals surface area contributed by atoms with Gasteiger partial charge in [0.1, 0.15) is 5.75 Å². The summed E-state index contributed by atoms with van der Waals surface area (Å²) in [5.74, 6) is -0.239. The molecule has 0 fully saturated rings. The van der Waals surface area contributed by atoms with Crippen molar-refractivity contribution >= 4 is 5.97 Å². The monoisotopic (exact) mass is 783 g/mol. The molecule has 328 valence electrons. The van der Waals surface area contributed by atoms with Gasteiger partial charge >= 0.3 is 5.97 Å². The number of aromatic hydroxyl groups is 1.